The highest BCUT2D eigenvalue weighted by atomic mass is 79.9. The molecule has 2 rings (SSSR count). The standard InChI is InChI=1S/C14H21BrN4O2/c1-9-10(19(20)21)7-17-13(12(9)15)18-8-11-14(2,3)5-4-6-16-11/h7,11,16H,4-6,8H2,1-3H3,(H,17,18). The number of hydrogen-bond donors (Lipinski definition) is 2. The molecule has 0 radical (unpaired) electrons. The van der Waals surface area contributed by atoms with E-state index in [-0.39, 0.29) is 11.1 Å². The summed E-state index contributed by atoms with van der Waals surface area (Å²) in [7, 11) is 0. The molecule has 1 saturated heterocycles. The summed E-state index contributed by atoms with van der Waals surface area (Å²) in [5, 5.41) is 17.7. The van der Waals surface area contributed by atoms with E-state index in [0.717, 1.165) is 13.1 Å². The van der Waals surface area contributed by atoms with Gasteiger partial charge in [0.25, 0.3) is 5.69 Å². The van der Waals surface area contributed by atoms with Crippen LogP contribution in [0.1, 0.15) is 32.3 Å². The summed E-state index contributed by atoms with van der Waals surface area (Å²) in [5.41, 5.74) is 0.852. The third-order valence-electron chi connectivity index (χ3n) is 4.24. The summed E-state index contributed by atoms with van der Waals surface area (Å²) in [5.74, 6) is 0.654. The SMILES string of the molecule is Cc1c([N+](=O)[O-])cnc(NCC2NCCCC2(C)C)c1Br. The van der Waals surface area contributed by atoms with Crippen LogP contribution in [-0.2, 0) is 0 Å². The molecule has 21 heavy (non-hydrogen) atoms. The van der Waals surface area contributed by atoms with E-state index in [4.69, 9.17) is 0 Å². The van der Waals surface area contributed by atoms with Crippen molar-refractivity contribution in [1.82, 2.24) is 10.3 Å². The lowest BCUT2D eigenvalue weighted by Crippen LogP contribution is -2.50. The van der Waals surface area contributed by atoms with Gasteiger partial charge in [0, 0.05) is 18.2 Å². The average Bonchev–Trinajstić information content (AvgIpc) is 2.41. The summed E-state index contributed by atoms with van der Waals surface area (Å²) in [4.78, 5) is 14.6. The van der Waals surface area contributed by atoms with Gasteiger partial charge in [0.05, 0.1) is 9.40 Å². The highest BCUT2D eigenvalue weighted by Crippen LogP contribution is 2.33. The van der Waals surface area contributed by atoms with Crippen molar-refractivity contribution in [2.75, 3.05) is 18.4 Å². The Labute approximate surface area is 133 Å². The predicted molar refractivity (Wildman–Crippen MR) is 86.6 cm³/mol. The molecule has 1 aliphatic rings. The molecule has 0 aromatic carbocycles. The number of nitrogens with one attached hydrogen (secondary N) is 2. The molecule has 2 N–H and O–H groups in total. The molecule has 1 aromatic heterocycles. The van der Waals surface area contributed by atoms with E-state index in [2.05, 4.69) is 45.4 Å². The Morgan fingerprint density at radius 3 is 2.95 bits per heavy atom. The van der Waals surface area contributed by atoms with E-state index < -0.39 is 4.92 Å². The third-order valence-corrected chi connectivity index (χ3v) is 5.21. The van der Waals surface area contributed by atoms with E-state index >= 15 is 0 Å². The van der Waals surface area contributed by atoms with Gasteiger partial charge in [0.2, 0.25) is 0 Å². The topological polar surface area (TPSA) is 80.1 Å². The Morgan fingerprint density at radius 2 is 2.33 bits per heavy atom. The normalized spacial score (nSPS) is 21.0. The van der Waals surface area contributed by atoms with Crippen molar-refractivity contribution in [1.29, 1.82) is 0 Å². The average molecular weight is 357 g/mol. The highest BCUT2D eigenvalue weighted by Gasteiger charge is 2.31. The Balaban J connectivity index is 2.10. The summed E-state index contributed by atoms with van der Waals surface area (Å²) in [6.07, 6.45) is 3.70. The Kier molecular flexibility index (Phi) is 4.83. The van der Waals surface area contributed by atoms with Gasteiger partial charge in [-0.05, 0) is 47.7 Å². The van der Waals surface area contributed by atoms with Crippen molar-refractivity contribution in [3.63, 3.8) is 0 Å². The number of piperidine rings is 1. The second kappa shape index (κ2) is 6.27. The Hall–Kier alpha value is -1.21. The van der Waals surface area contributed by atoms with Gasteiger partial charge in [0.1, 0.15) is 12.0 Å². The molecule has 7 heteroatoms. The minimum atomic E-state index is -0.414. The first-order valence-electron chi connectivity index (χ1n) is 7.09. The van der Waals surface area contributed by atoms with Crippen LogP contribution < -0.4 is 10.6 Å². The largest absolute Gasteiger partial charge is 0.368 e. The molecule has 0 aliphatic carbocycles. The fraction of sp³-hybridized carbons (Fsp3) is 0.643. The van der Waals surface area contributed by atoms with E-state index in [9.17, 15) is 10.1 Å². The molecule has 1 atom stereocenters. The molecule has 116 valence electrons. The van der Waals surface area contributed by atoms with Crippen molar-refractivity contribution in [2.24, 2.45) is 5.41 Å². The molecule has 0 saturated carbocycles. The number of halogens is 1. The zero-order valence-electron chi connectivity index (χ0n) is 12.6. The summed E-state index contributed by atoms with van der Waals surface area (Å²) < 4.78 is 0.658. The summed E-state index contributed by atoms with van der Waals surface area (Å²) in [6.45, 7) is 8.02. The van der Waals surface area contributed by atoms with Crippen LogP contribution in [0.5, 0.6) is 0 Å². The first-order valence-corrected chi connectivity index (χ1v) is 7.89. The van der Waals surface area contributed by atoms with E-state index in [0.29, 0.717) is 21.9 Å². The number of pyridine rings is 1. The van der Waals surface area contributed by atoms with Crippen LogP contribution in [0, 0.1) is 22.5 Å². The van der Waals surface area contributed by atoms with Crippen molar-refractivity contribution < 1.29 is 4.92 Å². The number of anilines is 1. The van der Waals surface area contributed by atoms with E-state index in [1.807, 2.05) is 0 Å². The maximum atomic E-state index is 10.9. The predicted octanol–water partition coefficient (Wildman–Crippen LogP) is 3.25. The summed E-state index contributed by atoms with van der Waals surface area (Å²) >= 11 is 3.40. The van der Waals surface area contributed by atoms with Crippen molar-refractivity contribution in [3.05, 3.63) is 26.3 Å². The fourth-order valence-electron chi connectivity index (χ4n) is 2.69. The molecule has 2 heterocycles. The Bertz CT molecular complexity index is 548. The van der Waals surface area contributed by atoms with Crippen LogP contribution in [0.15, 0.2) is 10.7 Å². The minimum Gasteiger partial charge on any atom is -0.368 e. The first kappa shape index (κ1) is 16.2. The van der Waals surface area contributed by atoms with E-state index in [1.165, 1.54) is 19.0 Å². The van der Waals surface area contributed by atoms with Gasteiger partial charge < -0.3 is 10.6 Å². The van der Waals surface area contributed by atoms with Gasteiger partial charge in [-0.3, -0.25) is 10.1 Å². The highest BCUT2D eigenvalue weighted by molar-refractivity contribution is 9.10. The van der Waals surface area contributed by atoms with Crippen LogP contribution in [0.25, 0.3) is 0 Å². The van der Waals surface area contributed by atoms with Crippen LogP contribution in [0.4, 0.5) is 11.5 Å². The molecular weight excluding hydrogens is 336 g/mol. The molecule has 1 aromatic rings. The van der Waals surface area contributed by atoms with Crippen LogP contribution >= 0.6 is 15.9 Å². The van der Waals surface area contributed by atoms with Gasteiger partial charge in [-0.1, -0.05) is 13.8 Å². The molecule has 0 amide bonds. The quantitative estimate of drug-likeness (QED) is 0.639. The van der Waals surface area contributed by atoms with Crippen LogP contribution in [0.3, 0.4) is 0 Å². The molecular formula is C14H21BrN4O2. The molecule has 1 unspecified atom stereocenters. The first-order chi connectivity index (χ1) is 9.83. The molecule has 1 aliphatic heterocycles. The van der Waals surface area contributed by atoms with Crippen LogP contribution in [-0.4, -0.2) is 29.0 Å². The van der Waals surface area contributed by atoms with Gasteiger partial charge in [-0.2, -0.15) is 0 Å². The van der Waals surface area contributed by atoms with Crippen molar-refractivity contribution in [2.45, 2.75) is 39.7 Å². The lowest BCUT2D eigenvalue weighted by Gasteiger charge is -2.39. The molecule has 0 bridgehead atoms. The third kappa shape index (κ3) is 3.52. The number of nitrogens with zero attached hydrogens (tertiary/aromatic N) is 2. The zero-order valence-corrected chi connectivity index (χ0v) is 14.2. The van der Waals surface area contributed by atoms with Crippen molar-refractivity contribution >= 4 is 27.4 Å². The summed E-state index contributed by atoms with van der Waals surface area (Å²) in [6, 6.07) is 0.357. The zero-order chi connectivity index (χ0) is 15.6. The molecule has 1 fully saturated rings. The van der Waals surface area contributed by atoms with Gasteiger partial charge in [-0.25, -0.2) is 4.98 Å². The van der Waals surface area contributed by atoms with E-state index in [1.54, 1.807) is 6.92 Å². The second-order valence-corrected chi connectivity index (χ2v) is 6.96. The minimum absolute atomic E-state index is 0.0311. The smallest absolute Gasteiger partial charge is 0.291 e. The van der Waals surface area contributed by atoms with Gasteiger partial charge in [0.15, 0.2) is 0 Å². The van der Waals surface area contributed by atoms with Crippen molar-refractivity contribution in [3.8, 4) is 0 Å². The second-order valence-electron chi connectivity index (χ2n) is 6.17. The molecule has 6 nitrogen and oxygen atoms in total. The monoisotopic (exact) mass is 356 g/mol. The number of aromatic nitrogens is 1. The Morgan fingerprint density at radius 1 is 1.62 bits per heavy atom. The maximum Gasteiger partial charge on any atom is 0.291 e. The van der Waals surface area contributed by atoms with Gasteiger partial charge in [-0.15, -0.1) is 0 Å². The van der Waals surface area contributed by atoms with Crippen LogP contribution in [0.2, 0.25) is 0 Å². The number of rotatable bonds is 4. The lowest BCUT2D eigenvalue weighted by molar-refractivity contribution is -0.385. The number of hydrogen-bond acceptors (Lipinski definition) is 5. The number of nitro groups is 1. The molecule has 0 spiro atoms. The fourth-order valence-corrected chi connectivity index (χ4v) is 3.14. The maximum absolute atomic E-state index is 10.9. The lowest BCUT2D eigenvalue weighted by atomic mass is 9.77. The van der Waals surface area contributed by atoms with Gasteiger partial charge >= 0.3 is 0 Å².